The molecule has 0 bridgehead atoms. The predicted molar refractivity (Wildman–Crippen MR) is 91.2 cm³/mol. The van der Waals surface area contributed by atoms with Crippen LogP contribution in [0.2, 0.25) is 0 Å². The van der Waals surface area contributed by atoms with Crippen molar-refractivity contribution in [3.8, 4) is 11.5 Å². The maximum Gasteiger partial charge on any atom is 0.471 e. The number of anilines is 1. The Bertz CT molecular complexity index is 807. The highest BCUT2D eigenvalue weighted by Gasteiger charge is 2.38. The second-order valence-electron chi connectivity index (χ2n) is 5.58. The maximum absolute atomic E-state index is 12.4. The van der Waals surface area contributed by atoms with Crippen molar-refractivity contribution in [2.24, 2.45) is 0 Å². The number of rotatable bonds is 6. The minimum atomic E-state index is -5.01. The van der Waals surface area contributed by atoms with E-state index in [2.05, 4.69) is 5.32 Å². The fraction of sp³-hybridized carbons (Fsp3) is 0.222. The molecular formula is C18H17F3N2O4. The zero-order chi connectivity index (χ0) is 20.0. The molecule has 2 amide bonds. The summed E-state index contributed by atoms with van der Waals surface area (Å²) in [5.74, 6) is -2.17. The summed E-state index contributed by atoms with van der Waals surface area (Å²) < 4.78 is 42.6. The van der Waals surface area contributed by atoms with E-state index in [0.29, 0.717) is 11.3 Å². The summed E-state index contributed by atoms with van der Waals surface area (Å²) >= 11 is 0. The Morgan fingerprint density at radius 2 is 1.74 bits per heavy atom. The van der Waals surface area contributed by atoms with E-state index in [-0.39, 0.29) is 18.0 Å². The zero-order valence-electron chi connectivity index (χ0n) is 14.2. The minimum absolute atomic E-state index is 0.0489. The molecule has 1 unspecified atom stereocenters. The van der Waals surface area contributed by atoms with Gasteiger partial charge >= 0.3 is 12.1 Å². The first-order valence-electron chi connectivity index (χ1n) is 7.86. The number of hydrogen-bond donors (Lipinski definition) is 3. The zero-order valence-corrected chi connectivity index (χ0v) is 14.2. The molecule has 2 rings (SSSR count). The van der Waals surface area contributed by atoms with E-state index < -0.39 is 24.1 Å². The summed E-state index contributed by atoms with van der Waals surface area (Å²) in [7, 11) is 0. The van der Waals surface area contributed by atoms with Gasteiger partial charge in [0.25, 0.3) is 5.91 Å². The lowest BCUT2D eigenvalue weighted by atomic mass is 10.1. The van der Waals surface area contributed by atoms with Crippen LogP contribution in [-0.2, 0) is 16.1 Å². The van der Waals surface area contributed by atoms with Crippen LogP contribution >= 0.6 is 0 Å². The number of para-hydroxylation sites is 1. The van der Waals surface area contributed by atoms with E-state index in [4.69, 9.17) is 4.74 Å². The summed E-state index contributed by atoms with van der Waals surface area (Å²) in [6.07, 6.45) is -5.89. The summed E-state index contributed by atoms with van der Waals surface area (Å²) in [6.45, 7) is 1.40. The van der Waals surface area contributed by atoms with Crippen molar-refractivity contribution in [1.29, 1.82) is 0 Å². The Morgan fingerprint density at radius 3 is 2.37 bits per heavy atom. The molecule has 27 heavy (non-hydrogen) atoms. The van der Waals surface area contributed by atoms with Gasteiger partial charge in [0.1, 0.15) is 11.5 Å². The third-order valence-corrected chi connectivity index (χ3v) is 3.49. The maximum atomic E-state index is 12.4. The number of hydrogen-bond acceptors (Lipinski definition) is 4. The monoisotopic (exact) mass is 382 g/mol. The van der Waals surface area contributed by atoms with Gasteiger partial charge in [-0.2, -0.15) is 13.2 Å². The van der Waals surface area contributed by atoms with E-state index in [0.717, 1.165) is 0 Å². The molecule has 9 heteroatoms. The third-order valence-electron chi connectivity index (χ3n) is 3.49. The van der Waals surface area contributed by atoms with Crippen molar-refractivity contribution < 1.29 is 32.6 Å². The van der Waals surface area contributed by atoms with Gasteiger partial charge in [0.2, 0.25) is 0 Å². The number of aromatic hydroxyl groups is 1. The SMILES string of the molecule is CC(Oc1ccc(O)cc1)C(=O)NCc1ccccc1NC(=O)C(F)(F)F. The van der Waals surface area contributed by atoms with Crippen LogP contribution in [0.1, 0.15) is 12.5 Å². The van der Waals surface area contributed by atoms with Crippen LogP contribution in [0.25, 0.3) is 0 Å². The second kappa shape index (κ2) is 8.43. The number of carbonyl (C=O) groups excluding carboxylic acids is 2. The first-order valence-corrected chi connectivity index (χ1v) is 7.86. The van der Waals surface area contributed by atoms with E-state index in [1.807, 2.05) is 0 Å². The average Bonchev–Trinajstić information content (AvgIpc) is 2.61. The van der Waals surface area contributed by atoms with E-state index >= 15 is 0 Å². The molecule has 0 aliphatic carbocycles. The van der Waals surface area contributed by atoms with Gasteiger partial charge in [-0.15, -0.1) is 0 Å². The van der Waals surface area contributed by atoms with Crippen LogP contribution < -0.4 is 15.4 Å². The minimum Gasteiger partial charge on any atom is -0.508 e. The van der Waals surface area contributed by atoms with Gasteiger partial charge < -0.3 is 20.5 Å². The summed E-state index contributed by atoms with van der Waals surface area (Å²) in [5.41, 5.74) is 0.257. The molecule has 0 fully saturated rings. The highest BCUT2D eigenvalue weighted by molar-refractivity contribution is 5.95. The van der Waals surface area contributed by atoms with Crippen LogP contribution in [0.3, 0.4) is 0 Å². The number of phenolic OH excluding ortho intramolecular Hbond substituents is 1. The number of carbonyl (C=O) groups is 2. The number of benzene rings is 2. The Balaban J connectivity index is 1.96. The van der Waals surface area contributed by atoms with Crippen LogP contribution in [0.5, 0.6) is 11.5 Å². The lowest BCUT2D eigenvalue weighted by Gasteiger charge is -2.16. The molecule has 0 aliphatic heterocycles. The number of alkyl halides is 3. The van der Waals surface area contributed by atoms with Crippen molar-refractivity contribution in [3.05, 3.63) is 54.1 Å². The van der Waals surface area contributed by atoms with Crippen LogP contribution in [0, 0.1) is 0 Å². The van der Waals surface area contributed by atoms with Crippen LogP contribution in [-0.4, -0.2) is 29.2 Å². The molecule has 0 saturated carbocycles. The van der Waals surface area contributed by atoms with Gasteiger partial charge in [-0.25, -0.2) is 0 Å². The van der Waals surface area contributed by atoms with Crippen molar-refractivity contribution in [3.63, 3.8) is 0 Å². The van der Waals surface area contributed by atoms with Gasteiger partial charge in [-0.3, -0.25) is 9.59 Å². The van der Waals surface area contributed by atoms with Crippen LogP contribution in [0.15, 0.2) is 48.5 Å². The quantitative estimate of drug-likeness (QED) is 0.717. The molecule has 0 radical (unpaired) electrons. The van der Waals surface area contributed by atoms with Gasteiger partial charge in [-0.05, 0) is 42.8 Å². The Morgan fingerprint density at radius 1 is 1.11 bits per heavy atom. The van der Waals surface area contributed by atoms with E-state index in [9.17, 15) is 27.9 Å². The number of nitrogens with one attached hydrogen (secondary N) is 2. The normalized spacial score (nSPS) is 12.1. The molecule has 0 aromatic heterocycles. The first kappa shape index (κ1) is 20.1. The smallest absolute Gasteiger partial charge is 0.471 e. The largest absolute Gasteiger partial charge is 0.508 e. The fourth-order valence-corrected chi connectivity index (χ4v) is 2.10. The van der Waals surface area contributed by atoms with Crippen LogP contribution in [0.4, 0.5) is 18.9 Å². The Labute approximate surface area is 153 Å². The number of halogens is 3. The predicted octanol–water partition coefficient (Wildman–Crippen LogP) is 2.98. The molecule has 144 valence electrons. The third kappa shape index (κ3) is 5.91. The number of amides is 2. The Hall–Kier alpha value is -3.23. The van der Waals surface area contributed by atoms with Crippen molar-refractivity contribution >= 4 is 17.5 Å². The molecule has 3 N–H and O–H groups in total. The van der Waals surface area contributed by atoms with Gasteiger partial charge in [0, 0.05) is 12.2 Å². The highest BCUT2D eigenvalue weighted by atomic mass is 19.4. The summed E-state index contributed by atoms with van der Waals surface area (Å²) in [6, 6.07) is 11.6. The van der Waals surface area contributed by atoms with Gasteiger partial charge in [0.05, 0.1) is 0 Å². The van der Waals surface area contributed by atoms with Gasteiger partial charge in [0.15, 0.2) is 6.10 Å². The second-order valence-corrected chi connectivity index (χ2v) is 5.58. The molecule has 0 saturated heterocycles. The summed E-state index contributed by atoms with van der Waals surface area (Å²) in [4.78, 5) is 23.2. The molecule has 2 aromatic carbocycles. The average molecular weight is 382 g/mol. The lowest BCUT2D eigenvalue weighted by Crippen LogP contribution is -2.36. The molecule has 0 heterocycles. The molecule has 6 nitrogen and oxygen atoms in total. The molecule has 1 atom stereocenters. The van der Waals surface area contributed by atoms with Crippen molar-refractivity contribution in [2.75, 3.05) is 5.32 Å². The molecule has 0 spiro atoms. The van der Waals surface area contributed by atoms with Crippen molar-refractivity contribution in [1.82, 2.24) is 5.32 Å². The molecule has 0 aliphatic rings. The topological polar surface area (TPSA) is 87.7 Å². The number of ether oxygens (including phenoxy) is 1. The van der Waals surface area contributed by atoms with Crippen molar-refractivity contribution in [2.45, 2.75) is 25.7 Å². The number of phenols is 1. The lowest BCUT2D eigenvalue weighted by molar-refractivity contribution is -0.167. The fourth-order valence-electron chi connectivity index (χ4n) is 2.10. The molecule has 2 aromatic rings. The molecular weight excluding hydrogens is 365 g/mol. The van der Waals surface area contributed by atoms with E-state index in [1.165, 1.54) is 49.4 Å². The standard InChI is InChI=1S/C18H17F3N2O4/c1-11(27-14-8-6-13(24)7-9-14)16(25)22-10-12-4-2-3-5-15(12)23-17(26)18(19,20)21/h2-9,11,24H,10H2,1H3,(H,22,25)(H,23,26). The Kier molecular flexibility index (Phi) is 6.27. The summed E-state index contributed by atoms with van der Waals surface area (Å²) in [5, 5.41) is 13.5. The highest BCUT2D eigenvalue weighted by Crippen LogP contribution is 2.21. The van der Waals surface area contributed by atoms with Gasteiger partial charge in [-0.1, -0.05) is 18.2 Å². The first-order chi connectivity index (χ1) is 12.7. The van der Waals surface area contributed by atoms with E-state index in [1.54, 1.807) is 11.4 Å².